The molecule has 3 rings (SSSR count). The number of halogens is 1. The van der Waals surface area contributed by atoms with E-state index in [0.29, 0.717) is 23.5 Å². The Labute approximate surface area is 165 Å². The summed E-state index contributed by atoms with van der Waals surface area (Å²) in [5.74, 6) is 0.427. The highest BCUT2D eigenvalue weighted by atomic mass is 79.9. The summed E-state index contributed by atoms with van der Waals surface area (Å²) in [6.07, 6.45) is 1.39. The fourth-order valence-corrected chi connectivity index (χ4v) is 2.54. The standard InChI is InChI=1S/C21H17BrN2O3/c22-18-9-5-15(6-10-18)14-27-19-11-7-16(8-12-19)21(26)24-23-13-17-3-1-2-4-20(17)25/h1-13,25H,14H2,(H,24,26). The quantitative estimate of drug-likeness (QED) is 0.452. The van der Waals surface area contributed by atoms with Crippen LogP contribution in [0.25, 0.3) is 0 Å². The van der Waals surface area contributed by atoms with Crippen molar-refractivity contribution in [1.29, 1.82) is 0 Å². The number of para-hydroxylation sites is 1. The first-order valence-corrected chi connectivity index (χ1v) is 9.00. The maximum Gasteiger partial charge on any atom is 0.271 e. The molecule has 0 fully saturated rings. The number of hydrogen-bond donors (Lipinski definition) is 2. The summed E-state index contributed by atoms with van der Waals surface area (Å²) in [5, 5.41) is 13.5. The predicted octanol–water partition coefficient (Wildman–Crippen LogP) is 4.50. The molecule has 0 saturated heterocycles. The van der Waals surface area contributed by atoms with Crippen LogP contribution in [-0.2, 0) is 6.61 Å². The number of carbonyl (C=O) groups is 1. The second kappa shape index (κ2) is 9.00. The zero-order chi connectivity index (χ0) is 19.1. The summed E-state index contributed by atoms with van der Waals surface area (Å²) in [7, 11) is 0. The van der Waals surface area contributed by atoms with Gasteiger partial charge in [-0.15, -0.1) is 0 Å². The SMILES string of the molecule is O=C(NN=Cc1ccccc1O)c1ccc(OCc2ccc(Br)cc2)cc1. The molecule has 0 aliphatic rings. The van der Waals surface area contributed by atoms with Crippen LogP contribution in [-0.4, -0.2) is 17.2 Å². The number of carbonyl (C=O) groups excluding carboxylic acids is 1. The molecule has 6 heteroatoms. The van der Waals surface area contributed by atoms with E-state index in [1.807, 2.05) is 24.3 Å². The van der Waals surface area contributed by atoms with Crippen LogP contribution >= 0.6 is 15.9 Å². The molecule has 0 atom stereocenters. The zero-order valence-corrected chi connectivity index (χ0v) is 15.9. The normalized spacial score (nSPS) is 10.7. The van der Waals surface area contributed by atoms with Gasteiger partial charge < -0.3 is 9.84 Å². The Bertz CT molecular complexity index is 938. The van der Waals surface area contributed by atoms with Gasteiger partial charge in [-0.2, -0.15) is 5.10 Å². The number of nitrogens with zero attached hydrogens (tertiary/aromatic N) is 1. The van der Waals surface area contributed by atoms with Gasteiger partial charge in [-0.3, -0.25) is 4.79 Å². The maximum atomic E-state index is 12.1. The van der Waals surface area contributed by atoms with Gasteiger partial charge in [0.1, 0.15) is 18.1 Å². The summed E-state index contributed by atoms with van der Waals surface area (Å²) in [4.78, 5) is 12.1. The molecule has 3 aromatic rings. The molecule has 0 radical (unpaired) electrons. The largest absolute Gasteiger partial charge is 0.507 e. The van der Waals surface area contributed by atoms with E-state index in [9.17, 15) is 9.90 Å². The summed E-state index contributed by atoms with van der Waals surface area (Å²) < 4.78 is 6.73. The third-order valence-corrected chi connectivity index (χ3v) is 4.27. The molecule has 136 valence electrons. The van der Waals surface area contributed by atoms with Crippen LogP contribution in [0.2, 0.25) is 0 Å². The molecule has 5 nitrogen and oxygen atoms in total. The minimum Gasteiger partial charge on any atom is -0.507 e. The second-order valence-electron chi connectivity index (χ2n) is 5.70. The van der Waals surface area contributed by atoms with Crippen LogP contribution in [0.3, 0.4) is 0 Å². The van der Waals surface area contributed by atoms with E-state index in [-0.39, 0.29) is 11.7 Å². The van der Waals surface area contributed by atoms with E-state index in [4.69, 9.17) is 4.74 Å². The highest BCUT2D eigenvalue weighted by Crippen LogP contribution is 2.16. The summed E-state index contributed by atoms with van der Waals surface area (Å²) in [5.41, 5.74) is 4.47. The molecule has 0 spiro atoms. The third kappa shape index (κ3) is 5.43. The van der Waals surface area contributed by atoms with Crippen LogP contribution < -0.4 is 10.2 Å². The monoisotopic (exact) mass is 424 g/mol. The number of nitrogens with one attached hydrogen (secondary N) is 1. The van der Waals surface area contributed by atoms with Gasteiger partial charge >= 0.3 is 0 Å². The smallest absolute Gasteiger partial charge is 0.271 e. The van der Waals surface area contributed by atoms with E-state index in [1.54, 1.807) is 48.5 Å². The average molecular weight is 425 g/mol. The lowest BCUT2D eigenvalue weighted by atomic mass is 10.2. The highest BCUT2D eigenvalue weighted by Gasteiger charge is 2.05. The van der Waals surface area contributed by atoms with Gasteiger partial charge in [-0.25, -0.2) is 5.43 Å². The van der Waals surface area contributed by atoms with Gasteiger partial charge in [0, 0.05) is 15.6 Å². The number of hydrogen-bond acceptors (Lipinski definition) is 4. The van der Waals surface area contributed by atoms with Gasteiger partial charge in [-0.1, -0.05) is 40.2 Å². The summed E-state index contributed by atoms with van der Waals surface area (Å²) >= 11 is 3.40. The molecule has 0 aliphatic heterocycles. The fourth-order valence-electron chi connectivity index (χ4n) is 2.27. The lowest BCUT2D eigenvalue weighted by Gasteiger charge is -2.07. The molecule has 0 aliphatic carbocycles. The van der Waals surface area contributed by atoms with Gasteiger partial charge in [0.05, 0.1) is 6.21 Å². The Kier molecular flexibility index (Phi) is 6.22. The first-order chi connectivity index (χ1) is 13.1. The van der Waals surface area contributed by atoms with Crippen molar-refractivity contribution >= 4 is 28.1 Å². The van der Waals surface area contributed by atoms with Gasteiger partial charge in [-0.05, 0) is 54.1 Å². The molecular weight excluding hydrogens is 408 g/mol. The van der Waals surface area contributed by atoms with Crippen molar-refractivity contribution in [2.75, 3.05) is 0 Å². The number of rotatable bonds is 6. The number of phenolic OH excluding ortho intramolecular Hbond substituents is 1. The zero-order valence-electron chi connectivity index (χ0n) is 14.3. The van der Waals surface area contributed by atoms with Crippen molar-refractivity contribution in [3.8, 4) is 11.5 Å². The Morgan fingerprint density at radius 2 is 1.74 bits per heavy atom. The van der Waals surface area contributed by atoms with Crippen molar-refractivity contribution in [2.45, 2.75) is 6.61 Å². The van der Waals surface area contributed by atoms with E-state index < -0.39 is 0 Å². The number of hydrazone groups is 1. The number of aromatic hydroxyl groups is 1. The van der Waals surface area contributed by atoms with Crippen LogP contribution in [0.5, 0.6) is 11.5 Å². The van der Waals surface area contributed by atoms with E-state index >= 15 is 0 Å². The lowest BCUT2D eigenvalue weighted by molar-refractivity contribution is 0.0955. The molecule has 3 aromatic carbocycles. The Balaban J connectivity index is 1.54. The molecule has 0 bridgehead atoms. The Hall–Kier alpha value is -3.12. The Morgan fingerprint density at radius 3 is 2.44 bits per heavy atom. The molecule has 2 N–H and O–H groups in total. The number of ether oxygens (including phenoxy) is 1. The van der Waals surface area contributed by atoms with Crippen LogP contribution in [0.4, 0.5) is 0 Å². The van der Waals surface area contributed by atoms with Crippen molar-refractivity contribution in [3.05, 3.63) is 94.0 Å². The van der Waals surface area contributed by atoms with Crippen molar-refractivity contribution in [3.63, 3.8) is 0 Å². The maximum absolute atomic E-state index is 12.1. The van der Waals surface area contributed by atoms with Crippen LogP contribution in [0, 0.1) is 0 Å². The fraction of sp³-hybridized carbons (Fsp3) is 0.0476. The third-order valence-electron chi connectivity index (χ3n) is 3.74. The first kappa shape index (κ1) is 18.7. The van der Waals surface area contributed by atoms with Crippen molar-refractivity contribution in [1.82, 2.24) is 5.43 Å². The highest BCUT2D eigenvalue weighted by molar-refractivity contribution is 9.10. The van der Waals surface area contributed by atoms with Crippen LogP contribution in [0.1, 0.15) is 21.5 Å². The molecule has 0 aromatic heterocycles. The minimum atomic E-state index is -0.346. The second-order valence-corrected chi connectivity index (χ2v) is 6.61. The summed E-state index contributed by atoms with van der Waals surface area (Å²) in [6.45, 7) is 0.448. The minimum absolute atomic E-state index is 0.0998. The van der Waals surface area contributed by atoms with Crippen molar-refractivity contribution in [2.24, 2.45) is 5.10 Å². The van der Waals surface area contributed by atoms with Crippen molar-refractivity contribution < 1.29 is 14.6 Å². The Morgan fingerprint density at radius 1 is 1.04 bits per heavy atom. The van der Waals surface area contributed by atoms with E-state index in [0.717, 1.165) is 10.0 Å². The number of benzene rings is 3. The topological polar surface area (TPSA) is 70.9 Å². The van der Waals surface area contributed by atoms with E-state index in [1.165, 1.54) is 6.21 Å². The van der Waals surface area contributed by atoms with Gasteiger partial charge in [0.2, 0.25) is 0 Å². The van der Waals surface area contributed by atoms with Crippen LogP contribution in [0.15, 0.2) is 82.4 Å². The lowest BCUT2D eigenvalue weighted by Crippen LogP contribution is -2.17. The molecule has 0 heterocycles. The van der Waals surface area contributed by atoms with E-state index in [2.05, 4.69) is 26.5 Å². The molecular formula is C21H17BrN2O3. The molecule has 0 unspecified atom stereocenters. The number of amides is 1. The average Bonchev–Trinajstić information content (AvgIpc) is 2.69. The first-order valence-electron chi connectivity index (χ1n) is 8.20. The summed E-state index contributed by atoms with van der Waals surface area (Å²) in [6, 6.07) is 21.4. The number of phenols is 1. The molecule has 0 saturated carbocycles. The predicted molar refractivity (Wildman–Crippen MR) is 108 cm³/mol. The molecule has 1 amide bonds. The van der Waals surface area contributed by atoms with Gasteiger partial charge in [0.15, 0.2) is 0 Å². The van der Waals surface area contributed by atoms with Gasteiger partial charge in [0.25, 0.3) is 5.91 Å². The molecule has 27 heavy (non-hydrogen) atoms.